The number of carboxylic acid groups (broad SMARTS) is 1. The normalized spacial score (nSPS) is 22.0. The molecule has 1 saturated carbocycles. The summed E-state index contributed by atoms with van der Waals surface area (Å²) in [5.41, 5.74) is 7.39. The van der Waals surface area contributed by atoms with Gasteiger partial charge in [-0.2, -0.15) is 0 Å². The highest BCUT2D eigenvalue weighted by molar-refractivity contribution is 7.13. The van der Waals surface area contributed by atoms with E-state index in [1.165, 1.54) is 11.1 Å². The van der Waals surface area contributed by atoms with Crippen LogP contribution in [0.4, 0.5) is 0 Å². The van der Waals surface area contributed by atoms with E-state index in [1.807, 2.05) is 17.8 Å². The smallest absolute Gasteiger partial charge is 0.307 e. The summed E-state index contributed by atoms with van der Waals surface area (Å²) in [4.78, 5) is 17.1. The molecule has 0 saturated heterocycles. The van der Waals surface area contributed by atoms with Gasteiger partial charge in [0.2, 0.25) is 0 Å². The number of fused-ring (bicyclic) bond motifs is 2. The number of benzene rings is 2. The molecule has 5 nitrogen and oxygen atoms in total. The van der Waals surface area contributed by atoms with Gasteiger partial charge in [0.05, 0.1) is 22.4 Å². The van der Waals surface area contributed by atoms with Crippen molar-refractivity contribution < 1.29 is 19.4 Å². The number of aryl methyl sites for hydroxylation is 1. The van der Waals surface area contributed by atoms with Crippen LogP contribution < -0.4 is 4.74 Å². The van der Waals surface area contributed by atoms with Crippen LogP contribution in [-0.4, -0.2) is 23.2 Å². The van der Waals surface area contributed by atoms with Gasteiger partial charge in [0.15, 0.2) is 0 Å². The number of carbonyl (C=O) groups is 1. The second kappa shape index (κ2) is 9.07. The Bertz CT molecular complexity index is 1230. The largest absolute Gasteiger partial charge is 0.489 e. The molecule has 3 aromatic rings. The van der Waals surface area contributed by atoms with E-state index in [9.17, 15) is 9.90 Å². The predicted molar refractivity (Wildman–Crippen MR) is 138 cm³/mol. The minimum Gasteiger partial charge on any atom is -0.489 e. The van der Waals surface area contributed by atoms with Crippen molar-refractivity contribution in [1.29, 1.82) is 0 Å². The Kier molecular flexibility index (Phi) is 6.22. The van der Waals surface area contributed by atoms with Crippen LogP contribution in [-0.2, 0) is 28.0 Å². The summed E-state index contributed by atoms with van der Waals surface area (Å²) in [5.74, 6) is -0.139. The Labute approximate surface area is 211 Å². The molecule has 0 aliphatic heterocycles. The van der Waals surface area contributed by atoms with Gasteiger partial charge in [0.25, 0.3) is 0 Å². The number of ether oxygens (including phenoxy) is 2. The number of rotatable bonds is 7. The van der Waals surface area contributed by atoms with Crippen molar-refractivity contribution in [1.82, 2.24) is 4.98 Å². The number of carboxylic acids is 1. The molecule has 6 heteroatoms. The Morgan fingerprint density at radius 3 is 2.74 bits per heavy atom. The van der Waals surface area contributed by atoms with Crippen LogP contribution in [0.15, 0.2) is 48.1 Å². The van der Waals surface area contributed by atoms with Gasteiger partial charge in [-0.05, 0) is 77.1 Å². The first-order chi connectivity index (χ1) is 16.7. The molecule has 0 bridgehead atoms. The monoisotopic (exact) mass is 491 g/mol. The molecule has 1 heterocycles. The topological polar surface area (TPSA) is 68.7 Å². The fourth-order valence-electron chi connectivity index (χ4n) is 5.86. The van der Waals surface area contributed by atoms with E-state index in [4.69, 9.17) is 9.47 Å². The predicted octanol–water partition coefficient (Wildman–Crippen LogP) is 6.80. The molecule has 0 unspecified atom stereocenters. The van der Waals surface area contributed by atoms with Crippen molar-refractivity contribution in [3.63, 3.8) is 0 Å². The van der Waals surface area contributed by atoms with Crippen LogP contribution in [0.2, 0.25) is 0 Å². The van der Waals surface area contributed by atoms with E-state index in [2.05, 4.69) is 56.1 Å². The number of methoxy groups -OCH3 is 1. The van der Waals surface area contributed by atoms with Crippen LogP contribution >= 0.6 is 11.3 Å². The zero-order valence-electron chi connectivity index (χ0n) is 20.8. The van der Waals surface area contributed by atoms with Gasteiger partial charge in [-0.3, -0.25) is 9.78 Å². The fraction of sp³-hybridized carbons (Fsp3) is 0.448. The molecule has 0 radical (unpaired) electrons. The van der Waals surface area contributed by atoms with Crippen LogP contribution in [0, 0.1) is 11.3 Å². The van der Waals surface area contributed by atoms with Crippen molar-refractivity contribution in [3.05, 3.63) is 70.4 Å². The molecule has 2 aromatic carbocycles. The van der Waals surface area contributed by atoms with Crippen molar-refractivity contribution in [2.24, 2.45) is 11.3 Å². The Hall–Kier alpha value is -2.70. The summed E-state index contributed by atoms with van der Waals surface area (Å²) in [7, 11) is 1.76. The van der Waals surface area contributed by atoms with E-state index >= 15 is 0 Å². The first kappa shape index (κ1) is 24.0. The Balaban J connectivity index is 1.41. The molecule has 184 valence electrons. The lowest BCUT2D eigenvalue weighted by Crippen LogP contribution is -2.21. The van der Waals surface area contributed by atoms with E-state index in [1.54, 1.807) is 18.4 Å². The zero-order valence-corrected chi connectivity index (χ0v) is 21.7. The van der Waals surface area contributed by atoms with Gasteiger partial charge < -0.3 is 14.6 Å². The second-order valence-electron chi connectivity index (χ2n) is 11.0. The summed E-state index contributed by atoms with van der Waals surface area (Å²) in [6.45, 7) is 6.99. The third kappa shape index (κ3) is 4.50. The summed E-state index contributed by atoms with van der Waals surface area (Å²) in [5, 5.41) is 9.61. The molecule has 0 amide bonds. The minimum absolute atomic E-state index is 0.0778. The average Bonchev–Trinajstić information content (AvgIpc) is 3.28. The molecule has 35 heavy (non-hydrogen) atoms. The summed E-state index contributed by atoms with van der Waals surface area (Å²) < 4.78 is 12.2. The quantitative estimate of drug-likeness (QED) is 0.394. The number of hydrogen-bond donors (Lipinski definition) is 1. The Morgan fingerprint density at radius 1 is 1.26 bits per heavy atom. The van der Waals surface area contributed by atoms with Crippen molar-refractivity contribution in [3.8, 4) is 16.2 Å². The number of hydrogen-bond acceptors (Lipinski definition) is 5. The summed E-state index contributed by atoms with van der Waals surface area (Å²) in [6, 6.07) is 12.7. The van der Waals surface area contributed by atoms with Crippen LogP contribution in [0.5, 0.6) is 5.75 Å². The standard InChI is InChI=1S/C29H33NO4S/c1-28(2,3)26(33-4)22-12-18(7-10-21(22)25-15-30-17-35-25)16-34-20-9-8-19-6-5-11-29(23(19)13-20)14-24(29)27(31)32/h7-10,12-13,15,17,24,26H,5-6,11,14,16H2,1-4H3,(H,31,32)/t24-,26-,29-/m1/s1. The lowest BCUT2D eigenvalue weighted by molar-refractivity contribution is -0.139. The van der Waals surface area contributed by atoms with Crippen molar-refractivity contribution in [2.45, 2.75) is 64.6 Å². The van der Waals surface area contributed by atoms with Crippen LogP contribution in [0.3, 0.4) is 0 Å². The molecule has 1 fully saturated rings. The average molecular weight is 492 g/mol. The van der Waals surface area contributed by atoms with E-state index < -0.39 is 5.97 Å². The van der Waals surface area contributed by atoms with Gasteiger partial charge in [-0.25, -0.2) is 0 Å². The zero-order chi connectivity index (χ0) is 24.8. The first-order valence-electron chi connectivity index (χ1n) is 12.3. The van der Waals surface area contributed by atoms with Crippen LogP contribution in [0.1, 0.15) is 68.4 Å². The van der Waals surface area contributed by atoms with E-state index in [-0.39, 0.29) is 22.9 Å². The minimum atomic E-state index is -0.677. The maximum atomic E-state index is 11.7. The van der Waals surface area contributed by atoms with Crippen LogP contribution in [0.25, 0.3) is 10.4 Å². The SMILES string of the molecule is CO[C@H](c1cc(COc2ccc3c(c2)[C@@]2(CCC3)C[C@@H]2C(=O)O)ccc1-c1cncs1)C(C)(C)C. The highest BCUT2D eigenvalue weighted by atomic mass is 32.1. The number of thiazole rings is 1. The van der Waals surface area contributed by atoms with Gasteiger partial charge in [-0.1, -0.05) is 39.0 Å². The molecular weight excluding hydrogens is 458 g/mol. The second-order valence-corrected chi connectivity index (χ2v) is 11.9. The Morgan fingerprint density at radius 2 is 2.09 bits per heavy atom. The maximum Gasteiger partial charge on any atom is 0.307 e. The molecule has 2 aliphatic carbocycles. The number of aromatic nitrogens is 1. The molecule has 5 rings (SSSR count). The van der Waals surface area contributed by atoms with Gasteiger partial charge in [0, 0.05) is 18.7 Å². The highest BCUT2D eigenvalue weighted by Gasteiger charge is 2.60. The highest BCUT2D eigenvalue weighted by Crippen LogP contribution is 2.60. The van der Waals surface area contributed by atoms with Crippen molar-refractivity contribution in [2.75, 3.05) is 7.11 Å². The number of nitrogens with zero attached hydrogens (tertiary/aromatic N) is 1. The van der Waals surface area contributed by atoms with Gasteiger partial charge >= 0.3 is 5.97 Å². The summed E-state index contributed by atoms with van der Waals surface area (Å²) in [6.07, 6.45) is 5.59. The first-order valence-corrected chi connectivity index (χ1v) is 13.1. The maximum absolute atomic E-state index is 11.7. The molecular formula is C29H33NO4S. The lowest BCUT2D eigenvalue weighted by Gasteiger charge is -2.31. The van der Waals surface area contributed by atoms with Crippen molar-refractivity contribution >= 4 is 17.3 Å². The third-order valence-electron chi connectivity index (χ3n) is 7.58. The summed E-state index contributed by atoms with van der Waals surface area (Å²) >= 11 is 1.63. The van der Waals surface area contributed by atoms with Gasteiger partial charge in [0.1, 0.15) is 12.4 Å². The lowest BCUT2D eigenvalue weighted by atomic mass is 9.78. The fourth-order valence-corrected chi connectivity index (χ4v) is 6.53. The molecule has 1 aromatic heterocycles. The van der Waals surface area contributed by atoms with E-state index in [0.29, 0.717) is 6.61 Å². The van der Waals surface area contributed by atoms with E-state index in [0.717, 1.165) is 53.0 Å². The number of aliphatic carboxylic acids is 1. The third-order valence-corrected chi connectivity index (χ3v) is 8.39. The molecule has 2 aliphatic rings. The molecule has 1 N–H and O–H groups in total. The molecule has 3 atom stereocenters. The van der Waals surface area contributed by atoms with Gasteiger partial charge in [-0.15, -0.1) is 11.3 Å². The molecule has 1 spiro atoms.